The van der Waals surface area contributed by atoms with Crippen molar-refractivity contribution in [2.75, 3.05) is 0 Å². The van der Waals surface area contributed by atoms with E-state index in [0.29, 0.717) is 13.1 Å². The van der Waals surface area contributed by atoms with Crippen molar-refractivity contribution in [3.05, 3.63) is 89.5 Å². The summed E-state index contributed by atoms with van der Waals surface area (Å²) in [5.74, 6) is 0.120. The molecular formula is C20H19N3O. The predicted octanol–water partition coefficient (Wildman–Crippen LogP) is 3.32. The minimum Gasteiger partial charge on any atom is -0.330 e. The van der Waals surface area contributed by atoms with Gasteiger partial charge in [-0.2, -0.15) is 0 Å². The Hall–Kier alpha value is -2.88. The van der Waals surface area contributed by atoms with E-state index in [1.807, 2.05) is 59.0 Å². The van der Waals surface area contributed by atoms with Crippen LogP contribution >= 0.6 is 0 Å². The van der Waals surface area contributed by atoms with Gasteiger partial charge >= 0.3 is 0 Å². The Morgan fingerprint density at radius 1 is 1.12 bits per heavy atom. The Labute approximate surface area is 141 Å². The first-order valence-corrected chi connectivity index (χ1v) is 8.12. The number of fused-ring (bicyclic) bond motifs is 1. The van der Waals surface area contributed by atoms with Crippen molar-refractivity contribution in [1.82, 2.24) is 14.5 Å². The number of amides is 1. The molecule has 3 aromatic rings. The van der Waals surface area contributed by atoms with Gasteiger partial charge in [-0.25, -0.2) is 4.98 Å². The van der Waals surface area contributed by atoms with E-state index in [2.05, 4.69) is 23.2 Å². The fourth-order valence-corrected chi connectivity index (χ4v) is 3.33. The van der Waals surface area contributed by atoms with Crippen LogP contribution in [0.2, 0.25) is 0 Å². The van der Waals surface area contributed by atoms with Crippen LogP contribution < -0.4 is 0 Å². The van der Waals surface area contributed by atoms with E-state index in [-0.39, 0.29) is 11.9 Å². The lowest BCUT2D eigenvalue weighted by molar-refractivity contribution is -0.136. The molecule has 2 heterocycles. The minimum atomic E-state index is -0.333. The molecule has 0 fully saturated rings. The molecule has 0 N–H and O–H groups in total. The van der Waals surface area contributed by atoms with Crippen LogP contribution in [0.4, 0.5) is 0 Å². The smallest absolute Gasteiger partial charge is 0.250 e. The first-order chi connectivity index (χ1) is 11.7. The van der Waals surface area contributed by atoms with Crippen molar-refractivity contribution in [1.29, 1.82) is 0 Å². The summed E-state index contributed by atoms with van der Waals surface area (Å²) in [6.45, 7) is 3.26. The predicted molar refractivity (Wildman–Crippen MR) is 92.2 cm³/mol. The van der Waals surface area contributed by atoms with Gasteiger partial charge in [-0.1, -0.05) is 60.2 Å². The number of aryl methyl sites for hydroxylation is 1. The van der Waals surface area contributed by atoms with Crippen LogP contribution in [-0.2, 0) is 17.9 Å². The van der Waals surface area contributed by atoms with Crippen LogP contribution in [0.3, 0.4) is 0 Å². The van der Waals surface area contributed by atoms with Gasteiger partial charge in [0.05, 0.1) is 18.6 Å². The normalized spacial score (nSPS) is 17.0. The molecule has 4 nitrogen and oxygen atoms in total. The van der Waals surface area contributed by atoms with Crippen molar-refractivity contribution >= 4 is 5.91 Å². The third-order valence-corrected chi connectivity index (χ3v) is 4.50. The molecule has 1 aromatic heterocycles. The molecule has 0 bridgehead atoms. The Kier molecular flexibility index (Phi) is 3.65. The van der Waals surface area contributed by atoms with Gasteiger partial charge in [0.15, 0.2) is 0 Å². The number of benzene rings is 2. The monoisotopic (exact) mass is 317 g/mol. The molecule has 0 aliphatic carbocycles. The summed E-state index contributed by atoms with van der Waals surface area (Å²) in [7, 11) is 0. The quantitative estimate of drug-likeness (QED) is 0.743. The van der Waals surface area contributed by atoms with E-state index in [9.17, 15) is 4.79 Å². The summed E-state index contributed by atoms with van der Waals surface area (Å²) in [6, 6.07) is 17.9. The highest BCUT2D eigenvalue weighted by Gasteiger charge is 2.33. The Bertz CT molecular complexity index is 869. The fourth-order valence-electron chi connectivity index (χ4n) is 3.33. The van der Waals surface area contributed by atoms with Crippen molar-refractivity contribution in [2.24, 2.45) is 0 Å². The van der Waals surface area contributed by atoms with Crippen LogP contribution in [0.15, 0.2) is 67.1 Å². The van der Waals surface area contributed by atoms with Crippen molar-refractivity contribution < 1.29 is 4.79 Å². The van der Waals surface area contributed by atoms with Crippen LogP contribution in [0.25, 0.3) is 0 Å². The van der Waals surface area contributed by atoms with Gasteiger partial charge in [-0.05, 0) is 18.1 Å². The molecule has 0 saturated heterocycles. The molecule has 24 heavy (non-hydrogen) atoms. The molecular weight excluding hydrogens is 298 g/mol. The van der Waals surface area contributed by atoms with E-state index >= 15 is 0 Å². The van der Waals surface area contributed by atoms with E-state index in [1.54, 1.807) is 6.33 Å². The highest BCUT2D eigenvalue weighted by molar-refractivity contribution is 5.84. The molecule has 4 rings (SSSR count). The maximum Gasteiger partial charge on any atom is 0.250 e. The second-order valence-electron chi connectivity index (χ2n) is 6.29. The maximum atomic E-state index is 13.2. The molecule has 1 aliphatic rings. The van der Waals surface area contributed by atoms with Crippen molar-refractivity contribution in [3.63, 3.8) is 0 Å². The molecule has 0 spiro atoms. The summed E-state index contributed by atoms with van der Waals surface area (Å²) in [6.07, 6.45) is 3.62. The van der Waals surface area contributed by atoms with Gasteiger partial charge in [0.25, 0.3) is 5.91 Å². The third kappa shape index (κ3) is 2.60. The summed E-state index contributed by atoms with van der Waals surface area (Å²) in [4.78, 5) is 19.4. The highest BCUT2D eigenvalue weighted by atomic mass is 16.2. The third-order valence-electron chi connectivity index (χ3n) is 4.50. The number of aromatic nitrogens is 2. The number of hydrogen-bond acceptors (Lipinski definition) is 2. The summed E-state index contributed by atoms with van der Waals surface area (Å²) in [5, 5.41) is 0. The number of carbonyl (C=O) groups is 1. The lowest BCUT2D eigenvalue weighted by Gasteiger charge is -2.34. The second kappa shape index (κ2) is 5.96. The molecule has 1 atom stereocenters. The molecule has 0 radical (unpaired) electrons. The number of imidazole rings is 1. The molecule has 120 valence electrons. The minimum absolute atomic E-state index is 0.120. The summed E-state index contributed by atoms with van der Waals surface area (Å²) >= 11 is 0. The maximum absolute atomic E-state index is 13.2. The topological polar surface area (TPSA) is 38.1 Å². The average Bonchev–Trinajstić information content (AvgIpc) is 3.04. The number of hydrogen-bond donors (Lipinski definition) is 0. The van der Waals surface area contributed by atoms with Crippen molar-refractivity contribution in [2.45, 2.75) is 26.1 Å². The lowest BCUT2D eigenvalue weighted by atomic mass is 10.0. The van der Waals surface area contributed by atoms with E-state index in [0.717, 1.165) is 22.4 Å². The molecule has 4 heteroatoms. The number of rotatable bonds is 3. The SMILES string of the molecule is Cc1cccc(C2C(=O)N(Cc3ccccc3)Cc3cncn32)c1. The molecule has 2 aromatic carbocycles. The molecule has 1 unspecified atom stereocenters. The van der Waals surface area contributed by atoms with Gasteiger partial charge in [-0.3, -0.25) is 4.79 Å². The Morgan fingerprint density at radius 3 is 2.75 bits per heavy atom. The van der Waals surface area contributed by atoms with Crippen LogP contribution in [-0.4, -0.2) is 20.4 Å². The second-order valence-corrected chi connectivity index (χ2v) is 6.29. The molecule has 1 aliphatic heterocycles. The highest BCUT2D eigenvalue weighted by Crippen LogP contribution is 2.29. The van der Waals surface area contributed by atoms with Gasteiger partial charge in [0, 0.05) is 12.7 Å². The first-order valence-electron chi connectivity index (χ1n) is 8.12. The standard InChI is InChI=1S/C20H19N3O/c1-15-6-5-9-17(10-15)19-20(24)22(12-16-7-3-2-4-8-16)13-18-11-21-14-23(18)19/h2-11,14,19H,12-13H2,1H3. The number of carbonyl (C=O) groups excluding carboxylic acids is 1. The lowest BCUT2D eigenvalue weighted by Crippen LogP contribution is -2.42. The number of nitrogens with zero attached hydrogens (tertiary/aromatic N) is 3. The van der Waals surface area contributed by atoms with Gasteiger partial charge in [0.2, 0.25) is 0 Å². The van der Waals surface area contributed by atoms with E-state index < -0.39 is 0 Å². The molecule has 0 saturated carbocycles. The van der Waals surface area contributed by atoms with Gasteiger partial charge in [-0.15, -0.1) is 0 Å². The van der Waals surface area contributed by atoms with Crippen LogP contribution in [0.1, 0.15) is 28.4 Å². The summed E-state index contributed by atoms with van der Waals surface area (Å²) in [5.41, 5.74) is 4.37. The van der Waals surface area contributed by atoms with E-state index in [1.165, 1.54) is 0 Å². The van der Waals surface area contributed by atoms with Crippen LogP contribution in [0, 0.1) is 6.92 Å². The summed E-state index contributed by atoms with van der Waals surface area (Å²) < 4.78 is 2.00. The Morgan fingerprint density at radius 2 is 1.96 bits per heavy atom. The Balaban J connectivity index is 1.72. The first kappa shape index (κ1) is 14.7. The van der Waals surface area contributed by atoms with E-state index in [4.69, 9.17) is 0 Å². The van der Waals surface area contributed by atoms with Crippen LogP contribution in [0.5, 0.6) is 0 Å². The zero-order valence-corrected chi connectivity index (χ0v) is 13.6. The average molecular weight is 317 g/mol. The van der Waals surface area contributed by atoms with Gasteiger partial charge < -0.3 is 9.47 Å². The zero-order valence-electron chi connectivity index (χ0n) is 13.6. The van der Waals surface area contributed by atoms with Crippen molar-refractivity contribution in [3.8, 4) is 0 Å². The van der Waals surface area contributed by atoms with Gasteiger partial charge in [0.1, 0.15) is 6.04 Å². The molecule has 1 amide bonds. The largest absolute Gasteiger partial charge is 0.330 e. The zero-order chi connectivity index (χ0) is 16.5. The fraction of sp³-hybridized carbons (Fsp3) is 0.200.